The maximum absolute atomic E-state index is 5.57. The lowest BCUT2D eigenvalue weighted by atomic mass is 10.2. The highest BCUT2D eigenvalue weighted by Gasteiger charge is 2.26. The van der Waals surface area contributed by atoms with E-state index in [1.807, 2.05) is 12.1 Å². The van der Waals surface area contributed by atoms with Crippen LogP contribution in [0.15, 0.2) is 18.5 Å². The van der Waals surface area contributed by atoms with E-state index >= 15 is 0 Å². The van der Waals surface area contributed by atoms with E-state index in [0.29, 0.717) is 17.5 Å². The van der Waals surface area contributed by atoms with Gasteiger partial charge in [-0.15, -0.1) is 0 Å². The van der Waals surface area contributed by atoms with Crippen molar-refractivity contribution in [2.75, 3.05) is 58.5 Å². The minimum Gasteiger partial charge on any atom is -0.493 e. The molecule has 3 heterocycles. The van der Waals surface area contributed by atoms with Crippen LogP contribution in [0.1, 0.15) is 12.8 Å². The molecule has 26 heavy (non-hydrogen) atoms. The van der Waals surface area contributed by atoms with Crippen molar-refractivity contribution in [3.8, 4) is 11.5 Å². The van der Waals surface area contributed by atoms with Crippen molar-refractivity contribution in [1.82, 2.24) is 14.9 Å². The van der Waals surface area contributed by atoms with Gasteiger partial charge in [-0.1, -0.05) is 0 Å². The summed E-state index contributed by atoms with van der Waals surface area (Å²) in [6, 6.07) is 4.47. The number of benzene rings is 1. The molecule has 1 aromatic heterocycles. The molecule has 2 fully saturated rings. The molecule has 4 rings (SSSR count). The first-order chi connectivity index (χ1) is 12.8. The Morgan fingerprint density at radius 2 is 1.88 bits per heavy atom. The summed E-state index contributed by atoms with van der Waals surface area (Å²) in [5.74, 6) is 2.36. The lowest BCUT2D eigenvalue weighted by molar-refractivity contribution is 0.148. The average molecular weight is 358 g/mol. The molecule has 2 saturated heterocycles. The van der Waals surface area contributed by atoms with Crippen LogP contribution in [0.2, 0.25) is 0 Å². The van der Waals surface area contributed by atoms with Gasteiger partial charge in [0.05, 0.1) is 26.3 Å². The third kappa shape index (κ3) is 3.29. The molecule has 0 amide bonds. The van der Waals surface area contributed by atoms with Gasteiger partial charge >= 0.3 is 0 Å². The van der Waals surface area contributed by atoms with Crippen molar-refractivity contribution in [2.45, 2.75) is 18.9 Å². The quantitative estimate of drug-likeness (QED) is 0.828. The van der Waals surface area contributed by atoms with Crippen molar-refractivity contribution in [1.29, 1.82) is 0 Å². The van der Waals surface area contributed by atoms with E-state index in [1.54, 1.807) is 20.5 Å². The van der Waals surface area contributed by atoms with Crippen LogP contribution < -0.4 is 14.4 Å². The normalized spacial score (nSPS) is 21.8. The topological polar surface area (TPSA) is 60.0 Å². The summed E-state index contributed by atoms with van der Waals surface area (Å²) in [6.07, 6.45) is 3.90. The van der Waals surface area contributed by atoms with E-state index in [9.17, 15) is 0 Å². The summed E-state index contributed by atoms with van der Waals surface area (Å²) >= 11 is 0. The molecule has 2 aromatic rings. The van der Waals surface area contributed by atoms with E-state index in [1.165, 1.54) is 0 Å². The highest BCUT2D eigenvalue weighted by molar-refractivity contribution is 5.92. The number of methoxy groups -OCH3 is 2. The van der Waals surface area contributed by atoms with Gasteiger partial charge in [-0.3, -0.25) is 4.90 Å². The van der Waals surface area contributed by atoms with E-state index in [4.69, 9.17) is 14.2 Å². The molecule has 140 valence electrons. The molecule has 0 N–H and O–H groups in total. The third-order valence-electron chi connectivity index (χ3n) is 5.37. The average Bonchev–Trinajstić information content (AvgIpc) is 3.11. The predicted octanol–water partition coefficient (Wildman–Crippen LogP) is 1.95. The minimum absolute atomic E-state index is 0.571. The third-order valence-corrected chi connectivity index (χ3v) is 5.37. The maximum atomic E-state index is 5.57. The lowest BCUT2D eigenvalue weighted by Crippen LogP contribution is -2.38. The van der Waals surface area contributed by atoms with Crippen LogP contribution >= 0.6 is 0 Å². The predicted molar refractivity (Wildman–Crippen MR) is 100 cm³/mol. The van der Waals surface area contributed by atoms with Gasteiger partial charge in [-0.05, 0) is 18.9 Å². The summed E-state index contributed by atoms with van der Waals surface area (Å²) in [6.45, 7) is 5.86. The Balaban J connectivity index is 1.61. The summed E-state index contributed by atoms with van der Waals surface area (Å²) < 4.78 is 16.4. The zero-order valence-electron chi connectivity index (χ0n) is 15.5. The largest absolute Gasteiger partial charge is 0.493 e. The van der Waals surface area contributed by atoms with E-state index in [2.05, 4.69) is 19.8 Å². The van der Waals surface area contributed by atoms with E-state index in [-0.39, 0.29) is 0 Å². The van der Waals surface area contributed by atoms with Gasteiger partial charge in [-0.25, -0.2) is 9.97 Å². The molecular weight excluding hydrogens is 332 g/mol. The van der Waals surface area contributed by atoms with Crippen molar-refractivity contribution >= 4 is 16.7 Å². The Bertz CT molecular complexity index is 764. The minimum atomic E-state index is 0.571. The Morgan fingerprint density at radius 3 is 2.65 bits per heavy atom. The van der Waals surface area contributed by atoms with Crippen LogP contribution in [0, 0.1) is 0 Å². The molecule has 0 aliphatic carbocycles. The molecule has 7 nitrogen and oxygen atoms in total. The summed E-state index contributed by atoms with van der Waals surface area (Å²) in [5, 5.41) is 1.00. The van der Waals surface area contributed by atoms with Crippen molar-refractivity contribution in [2.24, 2.45) is 0 Å². The molecule has 0 spiro atoms. The highest BCUT2D eigenvalue weighted by atomic mass is 16.5. The molecule has 7 heteroatoms. The fourth-order valence-corrected chi connectivity index (χ4v) is 3.95. The number of fused-ring (bicyclic) bond motifs is 1. The van der Waals surface area contributed by atoms with Crippen LogP contribution in [0.3, 0.4) is 0 Å². The van der Waals surface area contributed by atoms with Gasteiger partial charge in [0.15, 0.2) is 11.5 Å². The number of hydrogen-bond donors (Lipinski definition) is 0. The monoisotopic (exact) mass is 358 g/mol. The number of hydrogen-bond acceptors (Lipinski definition) is 7. The molecule has 1 aromatic carbocycles. The Labute approximate surface area is 153 Å². The van der Waals surface area contributed by atoms with Crippen LogP contribution in [-0.2, 0) is 4.74 Å². The Hall–Kier alpha value is -2.12. The van der Waals surface area contributed by atoms with E-state index in [0.717, 1.165) is 69.0 Å². The second-order valence-electron chi connectivity index (χ2n) is 6.82. The Morgan fingerprint density at radius 1 is 1.04 bits per heavy atom. The first-order valence-corrected chi connectivity index (χ1v) is 9.23. The molecule has 2 aliphatic rings. The SMILES string of the molecule is COc1cc2ncnc(N3CCCN(C4CCOC4)CC3)c2cc1OC. The first kappa shape index (κ1) is 17.3. The molecule has 0 saturated carbocycles. The van der Waals surface area contributed by atoms with Gasteiger partial charge in [0.2, 0.25) is 0 Å². The molecular formula is C19H26N4O3. The molecule has 2 aliphatic heterocycles. The number of nitrogens with zero attached hydrogens (tertiary/aromatic N) is 4. The van der Waals surface area contributed by atoms with E-state index < -0.39 is 0 Å². The van der Waals surface area contributed by atoms with Crippen LogP contribution in [0.4, 0.5) is 5.82 Å². The Kier molecular flexibility index (Phi) is 5.08. The van der Waals surface area contributed by atoms with Gasteiger partial charge in [0.1, 0.15) is 12.1 Å². The number of anilines is 1. The fourth-order valence-electron chi connectivity index (χ4n) is 3.95. The molecule has 0 radical (unpaired) electrons. The van der Waals surface area contributed by atoms with Gasteiger partial charge in [0, 0.05) is 50.3 Å². The van der Waals surface area contributed by atoms with Crippen LogP contribution in [-0.4, -0.2) is 74.5 Å². The summed E-state index contributed by atoms with van der Waals surface area (Å²) in [5.41, 5.74) is 0.873. The molecule has 1 atom stereocenters. The number of ether oxygens (including phenoxy) is 3. The van der Waals surface area contributed by atoms with Gasteiger partial charge in [0.25, 0.3) is 0 Å². The fraction of sp³-hybridized carbons (Fsp3) is 0.579. The van der Waals surface area contributed by atoms with Crippen molar-refractivity contribution in [3.05, 3.63) is 18.5 Å². The van der Waals surface area contributed by atoms with Crippen molar-refractivity contribution in [3.63, 3.8) is 0 Å². The second-order valence-corrected chi connectivity index (χ2v) is 6.82. The summed E-state index contributed by atoms with van der Waals surface area (Å²) in [7, 11) is 3.29. The van der Waals surface area contributed by atoms with Gasteiger partial charge in [-0.2, -0.15) is 0 Å². The smallest absolute Gasteiger partial charge is 0.162 e. The zero-order chi connectivity index (χ0) is 17.9. The lowest BCUT2D eigenvalue weighted by Gasteiger charge is -2.26. The molecule has 0 bridgehead atoms. The molecule has 1 unspecified atom stereocenters. The second kappa shape index (κ2) is 7.63. The summed E-state index contributed by atoms with van der Waals surface area (Å²) in [4.78, 5) is 14.0. The van der Waals surface area contributed by atoms with Crippen LogP contribution in [0.25, 0.3) is 10.9 Å². The van der Waals surface area contributed by atoms with Crippen molar-refractivity contribution < 1.29 is 14.2 Å². The van der Waals surface area contributed by atoms with Gasteiger partial charge < -0.3 is 19.1 Å². The standard InChI is InChI=1S/C19H26N4O3/c1-24-17-10-15-16(11-18(17)25-2)20-13-21-19(15)23-6-3-5-22(7-8-23)14-4-9-26-12-14/h10-11,13-14H,3-9,12H2,1-2H3. The number of aromatic nitrogens is 2. The highest BCUT2D eigenvalue weighted by Crippen LogP contribution is 2.35. The van der Waals surface area contributed by atoms with Crippen LogP contribution in [0.5, 0.6) is 11.5 Å². The maximum Gasteiger partial charge on any atom is 0.162 e. The first-order valence-electron chi connectivity index (χ1n) is 9.23. The zero-order valence-corrected chi connectivity index (χ0v) is 15.5. The number of rotatable bonds is 4.